The van der Waals surface area contributed by atoms with Gasteiger partial charge in [-0.05, 0) is 63.9 Å². The van der Waals surface area contributed by atoms with Crippen molar-refractivity contribution in [2.45, 2.75) is 43.7 Å². The van der Waals surface area contributed by atoms with Crippen LogP contribution < -0.4 is 15.1 Å². The van der Waals surface area contributed by atoms with E-state index in [0.717, 1.165) is 76.4 Å². The molecule has 7 nitrogen and oxygen atoms in total. The predicted molar refractivity (Wildman–Crippen MR) is 137 cm³/mol. The molecule has 1 saturated heterocycles. The van der Waals surface area contributed by atoms with Gasteiger partial charge in [-0.25, -0.2) is 4.98 Å². The maximum atomic E-state index is 11.7. The molecular formula is C27H39N5O2. The van der Waals surface area contributed by atoms with Gasteiger partial charge in [-0.1, -0.05) is 30.3 Å². The number of pyridine rings is 1. The number of amides is 1. The number of carbonyl (C=O) groups excluding carboxylic acids is 1. The topological polar surface area (TPSA) is 60.9 Å². The zero-order valence-electron chi connectivity index (χ0n) is 21.1. The van der Waals surface area contributed by atoms with Crippen molar-refractivity contribution in [2.24, 2.45) is 0 Å². The van der Waals surface area contributed by atoms with Gasteiger partial charge < -0.3 is 19.9 Å². The first kappa shape index (κ1) is 24.5. The van der Waals surface area contributed by atoms with Gasteiger partial charge in [0, 0.05) is 32.2 Å². The monoisotopic (exact) mass is 465 g/mol. The number of anilines is 2. The molecule has 2 fully saturated rings. The van der Waals surface area contributed by atoms with Gasteiger partial charge in [0.2, 0.25) is 6.41 Å². The summed E-state index contributed by atoms with van der Waals surface area (Å²) in [5.41, 5.74) is 3.33. The minimum atomic E-state index is -0.262. The lowest BCUT2D eigenvalue weighted by atomic mass is 9.68. The van der Waals surface area contributed by atoms with Gasteiger partial charge in [0.05, 0.1) is 30.6 Å². The summed E-state index contributed by atoms with van der Waals surface area (Å²) in [5, 5.41) is 3.22. The van der Waals surface area contributed by atoms with E-state index in [1.54, 1.807) is 0 Å². The smallest absolute Gasteiger partial charge is 0.207 e. The van der Waals surface area contributed by atoms with Crippen LogP contribution in [0.4, 0.5) is 11.5 Å². The molecule has 2 aromatic rings. The highest BCUT2D eigenvalue weighted by molar-refractivity contribution is 5.56. The largest absolute Gasteiger partial charge is 0.378 e. The Balaban J connectivity index is 1.50. The van der Waals surface area contributed by atoms with E-state index in [1.165, 1.54) is 11.1 Å². The number of carbonyl (C=O) groups is 1. The molecule has 1 N–H and O–H groups in total. The maximum Gasteiger partial charge on any atom is 0.207 e. The molecule has 184 valence electrons. The molecular weight excluding hydrogens is 426 g/mol. The summed E-state index contributed by atoms with van der Waals surface area (Å²) in [7, 11) is 6.44. The summed E-state index contributed by atoms with van der Waals surface area (Å²) in [5.74, 6) is 1.04. The van der Waals surface area contributed by atoms with Gasteiger partial charge in [0.1, 0.15) is 5.82 Å². The standard InChI is InChI=1S/C27H39N5O2/c1-22-18-24(19-28-25(22)32-14-16-34-17-15-32)31(4)20-26(29-21-33)10-12-27(13-11-26,30(2)3)23-8-6-5-7-9-23/h5-9,18-19,21H,10-17,20H2,1-4H3,(H,29,33). The second kappa shape index (κ2) is 10.3. The van der Waals surface area contributed by atoms with Gasteiger partial charge in [-0.3, -0.25) is 9.69 Å². The Kier molecular flexibility index (Phi) is 7.43. The van der Waals surface area contributed by atoms with Crippen molar-refractivity contribution in [3.63, 3.8) is 0 Å². The Morgan fingerprint density at radius 2 is 1.76 bits per heavy atom. The molecule has 0 atom stereocenters. The fourth-order valence-electron chi connectivity index (χ4n) is 5.77. The Hall–Kier alpha value is -2.64. The summed E-state index contributed by atoms with van der Waals surface area (Å²) >= 11 is 0. The van der Waals surface area contributed by atoms with Crippen LogP contribution in [0.2, 0.25) is 0 Å². The van der Waals surface area contributed by atoms with Crippen molar-refractivity contribution in [1.29, 1.82) is 0 Å². The molecule has 0 radical (unpaired) electrons. The number of aromatic nitrogens is 1. The SMILES string of the molecule is Cc1cc(N(C)CC2(NC=O)CCC(c3ccccc3)(N(C)C)CC2)cnc1N1CCOCC1. The van der Waals surface area contributed by atoms with Crippen LogP contribution in [0.15, 0.2) is 42.6 Å². The van der Waals surface area contributed by atoms with E-state index in [9.17, 15) is 4.79 Å². The summed E-state index contributed by atoms with van der Waals surface area (Å²) < 4.78 is 5.48. The van der Waals surface area contributed by atoms with Gasteiger partial charge in [0.25, 0.3) is 0 Å². The third kappa shape index (κ3) is 4.91. The summed E-state index contributed by atoms with van der Waals surface area (Å²) in [6.45, 7) is 6.14. The number of benzene rings is 1. The van der Waals surface area contributed by atoms with E-state index < -0.39 is 0 Å². The van der Waals surface area contributed by atoms with Crippen molar-refractivity contribution in [3.05, 3.63) is 53.7 Å². The lowest BCUT2D eigenvalue weighted by molar-refractivity contribution is -0.112. The molecule has 0 bridgehead atoms. The molecule has 1 saturated carbocycles. The predicted octanol–water partition coefficient (Wildman–Crippen LogP) is 3.18. The van der Waals surface area contributed by atoms with Crippen molar-refractivity contribution in [1.82, 2.24) is 15.2 Å². The van der Waals surface area contributed by atoms with Crippen LogP contribution in [0.5, 0.6) is 0 Å². The normalized spacial score (nSPS) is 25.3. The van der Waals surface area contributed by atoms with E-state index in [4.69, 9.17) is 9.72 Å². The van der Waals surface area contributed by atoms with Gasteiger partial charge >= 0.3 is 0 Å². The van der Waals surface area contributed by atoms with Crippen LogP contribution in [0.25, 0.3) is 0 Å². The highest BCUT2D eigenvalue weighted by Gasteiger charge is 2.45. The van der Waals surface area contributed by atoms with Crippen LogP contribution in [-0.4, -0.2) is 75.8 Å². The number of nitrogens with one attached hydrogen (secondary N) is 1. The highest BCUT2D eigenvalue weighted by Crippen LogP contribution is 2.45. The molecule has 4 rings (SSSR count). The van der Waals surface area contributed by atoms with Crippen LogP contribution in [0, 0.1) is 6.92 Å². The third-order valence-corrected chi connectivity index (χ3v) is 7.89. The van der Waals surface area contributed by atoms with Gasteiger partial charge in [-0.15, -0.1) is 0 Å². The molecule has 1 amide bonds. The first-order valence-corrected chi connectivity index (χ1v) is 12.3. The number of likely N-dealkylation sites (N-methyl/N-ethyl adjacent to an activating group) is 1. The van der Waals surface area contributed by atoms with E-state index in [-0.39, 0.29) is 11.1 Å². The van der Waals surface area contributed by atoms with Gasteiger partial charge in [-0.2, -0.15) is 0 Å². The average molecular weight is 466 g/mol. The van der Waals surface area contributed by atoms with E-state index in [0.29, 0.717) is 0 Å². The second-order valence-electron chi connectivity index (χ2n) is 10.1. The van der Waals surface area contributed by atoms with Crippen molar-refractivity contribution < 1.29 is 9.53 Å². The van der Waals surface area contributed by atoms with E-state index >= 15 is 0 Å². The van der Waals surface area contributed by atoms with Crippen molar-refractivity contribution in [3.8, 4) is 0 Å². The van der Waals surface area contributed by atoms with Crippen LogP contribution >= 0.6 is 0 Å². The molecule has 0 unspecified atom stereocenters. The Morgan fingerprint density at radius 3 is 2.35 bits per heavy atom. The number of rotatable bonds is 8. The molecule has 7 heteroatoms. The third-order valence-electron chi connectivity index (χ3n) is 7.89. The van der Waals surface area contributed by atoms with E-state index in [2.05, 4.69) is 84.5 Å². The Bertz CT molecular complexity index is 951. The Morgan fingerprint density at radius 1 is 1.09 bits per heavy atom. The molecule has 34 heavy (non-hydrogen) atoms. The molecule has 2 aliphatic rings. The summed E-state index contributed by atoms with van der Waals surface area (Å²) in [6.07, 6.45) is 6.66. The summed E-state index contributed by atoms with van der Waals surface area (Å²) in [6, 6.07) is 13.0. The lowest BCUT2D eigenvalue weighted by Crippen LogP contribution is -2.58. The van der Waals surface area contributed by atoms with Crippen molar-refractivity contribution >= 4 is 17.9 Å². The zero-order chi connectivity index (χ0) is 24.2. The summed E-state index contributed by atoms with van der Waals surface area (Å²) in [4.78, 5) is 23.4. The number of hydrogen-bond donors (Lipinski definition) is 1. The number of nitrogens with zero attached hydrogens (tertiary/aromatic N) is 4. The van der Waals surface area contributed by atoms with Crippen molar-refractivity contribution in [2.75, 3.05) is 63.8 Å². The number of aryl methyl sites for hydroxylation is 1. The molecule has 1 aromatic carbocycles. The first-order valence-electron chi connectivity index (χ1n) is 12.3. The average Bonchev–Trinajstić information content (AvgIpc) is 2.85. The first-order chi connectivity index (χ1) is 16.4. The van der Waals surface area contributed by atoms with Crippen LogP contribution in [0.3, 0.4) is 0 Å². The number of ether oxygens (including phenoxy) is 1. The molecule has 1 aromatic heterocycles. The zero-order valence-corrected chi connectivity index (χ0v) is 21.1. The molecule has 1 aliphatic carbocycles. The lowest BCUT2D eigenvalue weighted by Gasteiger charge is -2.51. The molecule has 1 aliphatic heterocycles. The van der Waals surface area contributed by atoms with E-state index in [1.807, 2.05) is 6.20 Å². The highest BCUT2D eigenvalue weighted by atomic mass is 16.5. The second-order valence-corrected chi connectivity index (χ2v) is 10.1. The molecule has 2 heterocycles. The molecule has 0 spiro atoms. The fourth-order valence-corrected chi connectivity index (χ4v) is 5.77. The minimum Gasteiger partial charge on any atom is -0.378 e. The van der Waals surface area contributed by atoms with Gasteiger partial charge in [0.15, 0.2) is 0 Å². The minimum absolute atomic E-state index is 0.00809. The number of morpholine rings is 1. The quantitative estimate of drug-likeness (QED) is 0.605. The fraction of sp³-hybridized carbons (Fsp3) is 0.556. The Labute approximate surface area is 204 Å². The number of hydrogen-bond acceptors (Lipinski definition) is 6. The van der Waals surface area contributed by atoms with Crippen LogP contribution in [-0.2, 0) is 15.1 Å². The maximum absolute atomic E-state index is 11.7. The van der Waals surface area contributed by atoms with Crippen LogP contribution in [0.1, 0.15) is 36.8 Å².